The maximum atomic E-state index is 12.3. The lowest BCUT2D eigenvalue weighted by Gasteiger charge is -2.18. The van der Waals surface area contributed by atoms with Gasteiger partial charge in [-0.15, -0.1) is 0 Å². The molecule has 0 aliphatic heterocycles. The maximum Gasteiger partial charge on any atom is 0.472 e. The molecule has 0 aromatic heterocycles. The average Bonchev–Trinajstić information content (AvgIpc) is 3.20. The van der Waals surface area contributed by atoms with Crippen LogP contribution in [0.15, 0.2) is 85.1 Å². The van der Waals surface area contributed by atoms with Gasteiger partial charge in [-0.05, 0) is 89.9 Å². The van der Waals surface area contributed by atoms with Gasteiger partial charge in [-0.2, -0.15) is 0 Å². The van der Waals surface area contributed by atoms with Crippen molar-refractivity contribution in [2.24, 2.45) is 0 Å². The predicted octanol–water partition coefficient (Wildman–Crippen LogP) is 11.1. The lowest BCUT2D eigenvalue weighted by atomic mass is 10.1. The number of carboxylic acids is 1. The highest BCUT2D eigenvalue weighted by molar-refractivity contribution is 7.47. The van der Waals surface area contributed by atoms with Gasteiger partial charge in [-0.1, -0.05) is 137 Å². The normalized spacial score (nSPS) is 14.6. The second kappa shape index (κ2) is 40.4. The summed E-state index contributed by atoms with van der Waals surface area (Å²) in [6, 6.07) is -1.56. The Kier molecular flexibility index (Phi) is 38.1. The van der Waals surface area contributed by atoms with Crippen LogP contribution < -0.4 is 5.32 Å². The van der Waals surface area contributed by atoms with Crippen LogP contribution in [0, 0.1) is 0 Å². The van der Waals surface area contributed by atoms with Crippen LogP contribution >= 0.6 is 7.82 Å². The summed E-state index contributed by atoms with van der Waals surface area (Å²) in [6.07, 6.45) is 48.9. The van der Waals surface area contributed by atoms with Crippen LogP contribution in [0.1, 0.15) is 155 Å². The minimum atomic E-state index is -4.77. The van der Waals surface area contributed by atoms with Gasteiger partial charge in [0.1, 0.15) is 12.7 Å². The molecule has 3 atom stereocenters. The van der Waals surface area contributed by atoms with Crippen molar-refractivity contribution < 1.29 is 47.8 Å². The monoisotopic (exact) mass is 834 g/mol. The summed E-state index contributed by atoms with van der Waals surface area (Å²) in [6.45, 7) is 2.39. The summed E-state index contributed by atoms with van der Waals surface area (Å²) >= 11 is 0. The fourth-order valence-electron chi connectivity index (χ4n) is 5.31. The van der Waals surface area contributed by atoms with Gasteiger partial charge in [0.25, 0.3) is 0 Å². The summed E-state index contributed by atoms with van der Waals surface area (Å²) in [5, 5.41) is 21.8. The van der Waals surface area contributed by atoms with Crippen molar-refractivity contribution in [2.45, 2.75) is 167 Å². The van der Waals surface area contributed by atoms with Crippen LogP contribution in [0.4, 0.5) is 0 Å². The number of phosphoric ester groups is 1. The Morgan fingerprint density at radius 3 is 1.52 bits per heavy atom. The molecule has 11 nitrogen and oxygen atoms in total. The first-order valence-corrected chi connectivity index (χ1v) is 23.1. The summed E-state index contributed by atoms with van der Waals surface area (Å²) in [5.74, 6) is -2.44. The standard InChI is InChI=1S/C46H76NO10P/c1-3-5-7-9-11-13-15-17-19-20-21-22-24-26-28-30-32-34-36-38-45(50)55-39-42(48)40-56-58(53,54)57-41-43(46(51)52)47-44(49)37-35-33-31-29-27-25-23-18-16-14-12-10-8-6-4-2/h5,7,11-14,17-19,21-23,26,28,42-43,48H,3-4,6,8-10,15-16,20,24-25,27,29-41H2,1-2H3,(H,47,49)(H,51,52)(H,53,54)/b7-5-,13-11-,14-12-,19-17-,22-21-,23-18-,28-26-. The minimum absolute atomic E-state index is 0.123. The molecule has 58 heavy (non-hydrogen) atoms. The quantitative estimate of drug-likeness (QED) is 0.0202. The number of nitrogens with one attached hydrogen (secondary N) is 1. The fraction of sp³-hybridized carbons (Fsp3) is 0.630. The van der Waals surface area contributed by atoms with Crippen LogP contribution in [0.3, 0.4) is 0 Å². The first-order valence-electron chi connectivity index (χ1n) is 21.6. The molecule has 0 saturated carbocycles. The van der Waals surface area contributed by atoms with Gasteiger partial charge in [0.2, 0.25) is 5.91 Å². The number of ether oxygens (including phenoxy) is 1. The number of rotatable bonds is 39. The molecule has 330 valence electrons. The van der Waals surface area contributed by atoms with Crippen LogP contribution in [-0.4, -0.2) is 64.9 Å². The van der Waals surface area contributed by atoms with E-state index in [0.717, 1.165) is 96.3 Å². The number of unbranched alkanes of at least 4 members (excludes halogenated alkanes) is 11. The minimum Gasteiger partial charge on any atom is -0.480 e. The Morgan fingerprint density at radius 2 is 1.00 bits per heavy atom. The Bertz CT molecular complexity index is 1300. The first-order chi connectivity index (χ1) is 28.1. The molecular formula is C46H76NO10P. The van der Waals surface area contributed by atoms with Gasteiger partial charge in [0.05, 0.1) is 13.2 Å². The number of carboxylic acid groups (broad SMARTS) is 1. The van der Waals surface area contributed by atoms with Gasteiger partial charge in [0.15, 0.2) is 6.04 Å². The van der Waals surface area contributed by atoms with E-state index in [1.165, 1.54) is 19.3 Å². The van der Waals surface area contributed by atoms with Crippen LogP contribution in [0.2, 0.25) is 0 Å². The number of aliphatic hydroxyl groups excluding tert-OH is 1. The number of allylic oxidation sites excluding steroid dienone is 14. The molecule has 1 amide bonds. The zero-order valence-corrected chi connectivity index (χ0v) is 36.5. The highest BCUT2D eigenvalue weighted by Crippen LogP contribution is 2.43. The summed E-state index contributed by atoms with van der Waals surface area (Å²) in [4.78, 5) is 45.9. The van der Waals surface area contributed by atoms with E-state index < -0.39 is 57.6 Å². The Morgan fingerprint density at radius 1 is 0.569 bits per heavy atom. The van der Waals surface area contributed by atoms with E-state index in [1.54, 1.807) is 0 Å². The van der Waals surface area contributed by atoms with Crippen molar-refractivity contribution in [3.05, 3.63) is 85.1 Å². The molecule has 0 aliphatic rings. The summed E-state index contributed by atoms with van der Waals surface area (Å²) in [7, 11) is -4.77. The Labute approximate surface area is 350 Å². The van der Waals surface area contributed by atoms with Crippen molar-refractivity contribution in [1.82, 2.24) is 5.32 Å². The van der Waals surface area contributed by atoms with Crippen molar-refractivity contribution in [3.8, 4) is 0 Å². The molecule has 0 bridgehead atoms. The molecule has 0 aliphatic carbocycles. The van der Waals surface area contributed by atoms with E-state index in [2.05, 4.69) is 104 Å². The molecule has 0 rings (SSSR count). The highest BCUT2D eigenvalue weighted by Gasteiger charge is 2.28. The summed E-state index contributed by atoms with van der Waals surface area (Å²) < 4.78 is 26.8. The molecule has 0 saturated heterocycles. The Hall–Kier alpha value is -3.34. The van der Waals surface area contributed by atoms with Crippen molar-refractivity contribution >= 4 is 25.7 Å². The number of carbonyl (C=O) groups excluding carboxylic acids is 2. The van der Waals surface area contributed by atoms with E-state index in [0.29, 0.717) is 12.8 Å². The smallest absolute Gasteiger partial charge is 0.472 e. The molecule has 0 heterocycles. The topological polar surface area (TPSA) is 169 Å². The van der Waals surface area contributed by atoms with Gasteiger partial charge in [-0.3, -0.25) is 18.6 Å². The molecule has 0 spiro atoms. The highest BCUT2D eigenvalue weighted by atomic mass is 31.2. The lowest BCUT2D eigenvalue weighted by Crippen LogP contribution is -2.43. The van der Waals surface area contributed by atoms with Crippen LogP contribution in [0.5, 0.6) is 0 Å². The molecule has 0 aromatic carbocycles. The first kappa shape index (κ1) is 54.7. The van der Waals surface area contributed by atoms with Crippen molar-refractivity contribution in [1.29, 1.82) is 0 Å². The number of aliphatic carboxylic acids is 1. The second-order valence-electron chi connectivity index (χ2n) is 14.1. The van der Waals surface area contributed by atoms with Gasteiger partial charge in [-0.25, -0.2) is 9.36 Å². The van der Waals surface area contributed by atoms with Gasteiger partial charge >= 0.3 is 19.8 Å². The zero-order chi connectivity index (χ0) is 42.8. The molecular weight excluding hydrogens is 757 g/mol. The zero-order valence-electron chi connectivity index (χ0n) is 35.6. The third kappa shape index (κ3) is 39.5. The third-order valence-electron chi connectivity index (χ3n) is 8.67. The maximum absolute atomic E-state index is 12.3. The molecule has 0 aromatic rings. The molecule has 4 N–H and O–H groups in total. The molecule has 0 radical (unpaired) electrons. The fourth-order valence-corrected chi connectivity index (χ4v) is 6.08. The van der Waals surface area contributed by atoms with E-state index in [1.807, 2.05) is 0 Å². The molecule has 0 fully saturated rings. The number of esters is 1. The molecule has 12 heteroatoms. The number of hydrogen-bond donors (Lipinski definition) is 4. The van der Waals surface area contributed by atoms with E-state index in [-0.39, 0.29) is 12.8 Å². The summed E-state index contributed by atoms with van der Waals surface area (Å²) in [5.41, 5.74) is 0. The molecule has 3 unspecified atom stereocenters. The number of aliphatic hydroxyl groups is 1. The van der Waals surface area contributed by atoms with Gasteiger partial charge in [0, 0.05) is 12.8 Å². The largest absolute Gasteiger partial charge is 0.480 e. The van der Waals surface area contributed by atoms with Crippen LogP contribution in [0.25, 0.3) is 0 Å². The predicted molar refractivity (Wildman–Crippen MR) is 235 cm³/mol. The second-order valence-corrected chi connectivity index (χ2v) is 15.6. The Balaban J connectivity index is 4.00. The SMILES string of the molecule is CC/C=C\C/C=C\C/C=C\C/C=C\C/C=C\CCCCCC(=O)OCC(O)COP(=O)(O)OCC(NC(=O)CCCCCCC/C=C\C/C=C\CCCCC)C(=O)O. The van der Waals surface area contributed by atoms with Crippen molar-refractivity contribution in [2.75, 3.05) is 19.8 Å². The van der Waals surface area contributed by atoms with Crippen molar-refractivity contribution in [3.63, 3.8) is 0 Å². The number of amides is 1. The van der Waals surface area contributed by atoms with Crippen LogP contribution in [-0.2, 0) is 32.7 Å². The van der Waals surface area contributed by atoms with E-state index >= 15 is 0 Å². The number of hydrogen-bond acceptors (Lipinski definition) is 8. The lowest BCUT2D eigenvalue weighted by molar-refractivity contribution is -0.147. The number of phosphoric acid groups is 1. The van der Waals surface area contributed by atoms with E-state index in [4.69, 9.17) is 13.8 Å². The van der Waals surface area contributed by atoms with Gasteiger partial charge < -0.3 is 25.2 Å². The average molecular weight is 834 g/mol. The number of carbonyl (C=O) groups is 3. The third-order valence-corrected chi connectivity index (χ3v) is 9.62. The van der Waals surface area contributed by atoms with E-state index in [9.17, 15) is 34.1 Å².